The van der Waals surface area contributed by atoms with Crippen molar-refractivity contribution in [2.24, 2.45) is 0 Å². The van der Waals surface area contributed by atoms with Gasteiger partial charge in [-0.25, -0.2) is 9.59 Å². The van der Waals surface area contributed by atoms with Gasteiger partial charge in [-0.05, 0) is 30.2 Å². The molecule has 0 aliphatic rings. The van der Waals surface area contributed by atoms with Gasteiger partial charge in [0, 0.05) is 10.9 Å². The number of nitrogens with one attached hydrogen (secondary N) is 2. The summed E-state index contributed by atoms with van der Waals surface area (Å²) in [6.45, 7) is 1.30. The van der Waals surface area contributed by atoms with Crippen molar-refractivity contribution in [2.45, 2.75) is 38.1 Å². The molecule has 2 rings (SSSR count). The Morgan fingerprint density at radius 1 is 1.00 bits per heavy atom. The third-order valence-electron chi connectivity index (χ3n) is 4.22. The third-order valence-corrected chi connectivity index (χ3v) is 4.75. The van der Waals surface area contributed by atoms with Crippen molar-refractivity contribution in [2.75, 3.05) is 0 Å². The number of aliphatic carboxylic acids is 1. The van der Waals surface area contributed by atoms with E-state index in [9.17, 15) is 24.6 Å². The van der Waals surface area contributed by atoms with Gasteiger partial charge in [-0.15, -0.1) is 0 Å². The van der Waals surface area contributed by atoms with E-state index in [1.54, 1.807) is 48.5 Å². The van der Waals surface area contributed by atoms with Crippen LogP contribution in [-0.4, -0.2) is 46.4 Å². The summed E-state index contributed by atoms with van der Waals surface area (Å²) in [6.07, 6.45) is -2.13. The van der Waals surface area contributed by atoms with Crippen LogP contribution in [-0.2, 0) is 27.4 Å². The SMILES string of the molecule is C[C@@H](O)[C@H](NC(=O)OCc1ccccc1)C(=O)N[C@H](Cc1ccc(Br)cc1)C(=O)O. The number of amides is 2. The molecule has 0 fully saturated rings. The van der Waals surface area contributed by atoms with Crippen molar-refractivity contribution in [3.8, 4) is 0 Å². The van der Waals surface area contributed by atoms with Crippen LogP contribution in [0.3, 0.4) is 0 Å². The van der Waals surface area contributed by atoms with Gasteiger partial charge in [0.1, 0.15) is 18.7 Å². The highest BCUT2D eigenvalue weighted by atomic mass is 79.9. The number of alkyl carbamates (subject to hydrolysis) is 1. The van der Waals surface area contributed by atoms with Crippen molar-refractivity contribution in [3.05, 3.63) is 70.2 Å². The zero-order valence-electron chi connectivity index (χ0n) is 16.2. The molecule has 0 aromatic heterocycles. The van der Waals surface area contributed by atoms with Crippen LogP contribution in [0.25, 0.3) is 0 Å². The monoisotopic (exact) mass is 478 g/mol. The summed E-state index contributed by atoms with van der Waals surface area (Å²) in [4.78, 5) is 36.2. The zero-order valence-corrected chi connectivity index (χ0v) is 17.8. The van der Waals surface area contributed by atoms with E-state index in [0.29, 0.717) is 5.56 Å². The second kappa shape index (κ2) is 11.3. The number of hydrogen-bond acceptors (Lipinski definition) is 5. The molecule has 3 atom stereocenters. The van der Waals surface area contributed by atoms with Gasteiger partial charge in [0.05, 0.1) is 6.10 Å². The minimum absolute atomic E-state index is 0.0118. The van der Waals surface area contributed by atoms with Crippen LogP contribution in [0.5, 0.6) is 0 Å². The van der Waals surface area contributed by atoms with Gasteiger partial charge in [-0.3, -0.25) is 4.79 Å². The van der Waals surface area contributed by atoms with Gasteiger partial charge in [-0.2, -0.15) is 0 Å². The lowest BCUT2D eigenvalue weighted by atomic mass is 10.0. The van der Waals surface area contributed by atoms with E-state index in [2.05, 4.69) is 26.6 Å². The fourth-order valence-corrected chi connectivity index (χ4v) is 2.88. The van der Waals surface area contributed by atoms with E-state index in [0.717, 1.165) is 10.0 Å². The van der Waals surface area contributed by atoms with E-state index in [1.165, 1.54) is 6.92 Å². The fraction of sp³-hybridized carbons (Fsp3) is 0.286. The lowest BCUT2D eigenvalue weighted by molar-refractivity contribution is -0.142. The van der Waals surface area contributed by atoms with E-state index >= 15 is 0 Å². The molecule has 0 bridgehead atoms. The number of halogens is 1. The Bertz CT molecular complexity index is 858. The van der Waals surface area contributed by atoms with Gasteiger partial charge in [-0.1, -0.05) is 58.4 Å². The maximum Gasteiger partial charge on any atom is 0.408 e. The summed E-state index contributed by atoms with van der Waals surface area (Å²) in [5.74, 6) is -2.06. The maximum absolute atomic E-state index is 12.5. The average molecular weight is 479 g/mol. The Morgan fingerprint density at radius 3 is 2.20 bits per heavy atom. The van der Waals surface area contributed by atoms with Crippen molar-refractivity contribution in [3.63, 3.8) is 0 Å². The predicted molar refractivity (Wildman–Crippen MR) is 113 cm³/mol. The molecule has 2 aromatic rings. The van der Waals surface area contributed by atoms with Crippen LogP contribution in [0.4, 0.5) is 4.79 Å². The molecular formula is C21H23BrN2O6. The normalized spacial score (nSPS) is 13.6. The Balaban J connectivity index is 1.97. The number of carboxylic acid groups (broad SMARTS) is 1. The molecule has 9 heteroatoms. The number of aliphatic hydroxyl groups is 1. The minimum Gasteiger partial charge on any atom is -0.480 e. The first-order valence-electron chi connectivity index (χ1n) is 9.19. The van der Waals surface area contributed by atoms with Crippen LogP contribution in [0.2, 0.25) is 0 Å². The van der Waals surface area contributed by atoms with Gasteiger partial charge < -0.3 is 25.6 Å². The third kappa shape index (κ3) is 7.49. The molecule has 0 saturated carbocycles. The van der Waals surface area contributed by atoms with E-state index in [-0.39, 0.29) is 13.0 Å². The van der Waals surface area contributed by atoms with Crippen LogP contribution in [0.1, 0.15) is 18.1 Å². The number of hydrogen-bond donors (Lipinski definition) is 4. The summed E-state index contributed by atoms with van der Waals surface area (Å²) in [6, 6.07) is 13.3. The second-order valence-corrected chi connectivity index (χ2v) is 7.57. The van der Waals surface area contributed by atoms with Crippen molar-refractivity contribution < 1.29 is 29.3 Å². The average Bonchev–Trinajstić information content (AvgIpc) is 2.71. The minimum atomic E-state index is -1.37. The molecule has 160 valence electrons. The smallest absolute Gasteiger partial charge is 0.408 e. The van der Waals surface area contributed by atoms with Crippen LogP contribution < -0.4 is 10.6 Å². The highest BCUT2D eigenvalue weighted by Gasteiger charge is 2.30. The molecule has 4 N–H and O–H groups in total. The molecule has 0 saturated heterocycles. The number of rotatable bonds is 9. The molecule has 2 amide bonds. The van der Waals surface area contributed by atoms with Crippen LogP contribution in [0, 0.1) is 0 Å². The Labute approximate surface area is 182 Å². The summed E-state index contributed by atoms with van der Waals surface area (Å²) >= 11 is 3.30. The summed E-state index contributed by atoms with van der Waals surface area (Å²) < 4.78 is 5.90. The highest BCUT2D eigenvalue weighted by Crippen LogP contribution is 2.12. The van der Waals surface area contributed by atoms with Crippen molar-refractivity contribution in [1.29, 1.82) is 0 Å². The van der Waals surface area contributed by atoms with Crippen molar-refractivity contribution >= 4 is 33.9 Å². The summed E-state index contributed by atoms with van der Waals surface area (Å²) in [5.41, 5.74) is 1.46. The van der Waals surface area contributed by atoms with Gasteiger partial charge in [0.15, 0.2) is 0 Å². The molecular weight excluding hydrogens is 456 g/mol. The molecule has 2 aromatic carbocycles. The first-order valence-corrected chi connectivity index (χ1v) is 9.98. The van der Waals surface area contributed by atoms with E-state index in [4.69, 9.17) is 4.74 Å². The highest BCUT2D eigenvalue weighted by molar-refractivity contribution is 9.10. The van der Waals surface area contributed by atoms with Gasteiger partial charge in [0.2, 0.25) is 5.91 Å². The fourth-order valence-electron chi connectivity index (χ4n) is 2.61. The van der Waals surface area contributed by atoms with Crippen molar-refractivity contribution in [1.82, 2.24) is 10.6 Å². The number of carbonyl (C=O) groups is 3. The van der Waals surface area contributed by atoms with E-state index < -0.39 is 36.2 Å². The molecule has 8 nitrogen and oxygen atoms in total. The molecule has 0 unspecified atom stereocenters. The zero-order chi connectivity index (χ0) is 22.1. The predicted octanol–water partition coefficient (Wildman–Crippen LogP) is 2.24. The molecule has 30 heavy (non-hydrogen) atoms. The van der Waals surface area contributed by atoms with E-state index in [1.807, 2.05) is 6.07 Å². The summed E-state index contributed by atoms with van der Waals surface area (Å²) in [5, 5.41) is 24.0. The number of ether oxygens (including phenoxy) is 1. The number of carbonyl (C=O) groups excluding carboxylic acids is 2. The first-order chi connectivity index (χ1) is 14.3. The summed E-state index contributed by atoms with van der Waals surface area (Å²) in [7, 11) is 0. The molecule has 0 aliphatic carbocycles. The molecule has 0 spiro atoms. The maximum atomic E-state index is 12.5. The lowest BCUT2D eigenvalue weighted by Gasteiger charge is -2.23. The topological polar surface area (TPSA) is 125 Å². The number of benzene rings is 2. The van der Waals surface area contributed by atoms with Crippen LogP contribution in [0.15, 0.2) is 59.1 Å². The standard InChI is InChI=1S/C21H23BrN2O6/c1-13(25)18(24-21(29)30-12-15-5-3-2-4-6-15)19(26)23-17(20(27)28)11-14-7-9-16(22)10-8-14/h2-10,13,17-18,25H,11-12H2,1H3,(H,23,26)(H,24,29)(H,27,28)/t13-,17-,18+/m1/s1. The molecule has 0 radical (unpaired) electrons. The Hall–Kier alpha value is -2.91. The van der Waals surface area contributed by atoms with Gasteiger partial charge in [0.25, 0.3) is 0 Å². The second-order valence-electron chi connectivity index (χ2n) is 6.65. The molecule has 0 aliphatic heterocycles. The largest absolute Gasteiger partial charge is 0.480 e. The van der Waals surface area contributed by atoms with Crippen LogP contribution >= 0.6 is 15.9 Å². The lowest BCUT2D eigenvalue weighted by Crippen LogP contribution is -2.56. The number of carboxylic acids is 1. The number of aliphatic hydroxyl groups excluding tert-OH is 1. The first kappa shape index (κ1) is 23.4. The Morgan fingerprint density at radius 2 is 1.63 bits per heavy atom. The molecule has 0 heterocycles. The quantitative estimate of drug-likeness (QED) is 0.437. The Kier molecular flexibility index (Phi) is 8.82. The van der Waals surface area contributed by atoms with Gasteiger partial charge >= 0.3 is 12.1 Å².